The number of ether oxygens (including phenoxy) is 1. The molecule has 2 atom stereocenters. The molecule has 0 radical (unpaired) electrons. The lowest BCUT2D eigenvalue weighted by atomic mass is 10.3. The molecule has 1 N–H and O–H groups in total. The molecule has 1 aliphatic carbocycles. The third kappa shape index (κ3) is 4.18. The van der Waals surface area contributed by atoms with Crippen molar-refractivity contribution >= 4 is 18.8 Å². The minimum atomic E-state index is 0. The summed E-state index contributed by atoms with van der Waals surface area (Å²) in [5.41, 5.74) is 1.15. The predicted molar refractivity (Wildman–Crippen MR) is 81.6 cm³/mol. The van der Waals surface area contributed by atoms with Gasteiger partial charge in [-0.15, -0.1) is 12.4 Å². The number of carbonyl (C=O) groups is 1. The zero-order chi connectivity index (χ0) is 13.8. The van der Waals surface area contributed by atoms with Gasteiger partial charge in [-0.05, 0) is 12.8 Å². The number of morpholine rings is 1. The number of hydrogen-bond donors (Lipinski definition) is 1. The highest BCUT2D eigenvalue weighted by molar-refractivity contribution is 5.85. The highest BCUT2D eigenvalue weighted by Gasteiger charge is 2.43. The first kappa shape index (κ1) is 16.3. The number of nitrogens with zero attached hydrogens (tertiary/aromatic N) is 3. The molecule has 1 aliphatic heterocycles. The fourth-order valence-corrected chi connectivity index (χ4v) is 2.95. The summed E-state index contributed by atoms with van der Waals surface area (Å²) in [5.74, 6) is 0.450. The highest BCUT2D eigenvalue weighted by atomic mass is 35.5. The average molecular weight is 315 g/mol. The first-order chi connectivity index (χ1) is 9.88. The number of halogens is 1. The lowest BCUT2D eigenvalue weighted by molar-refractivity contribution is -0.118. The van der Waals surface area contributed by atoms with Crippen LogP contribution in [0.3, 0.4) is 0 Å². The van der Waals surface area contributed by atoms with Crippen LogP contribution in [0, 0.1) is 0 Å². The van der Waals surface area contributed by atoms with Crippen LogP contribution in [-0.4, -0.2) is 71.6 Å². The Balaban J connectivity index is 0.00000161. The average Bonchev–Trinajstić information content (AvgIpc) is 3.09. The molecule has 118 valence electrons. The molecule has 21 heavy (non-hydrogen) atoms. The van der Waals surface area contributed by atoms with Crippen molar-refractivity contribution in [2.45, 2.75) is 24.8 Å². The minimum absolute atomic E-state index is 0. The molecule has 1 amide bonds. The van der Waals surface area contributed by atoms with E-state index >= 15 is 0 Å². The van der Waals surface area contributed by atoms with Crippen LogP contribution in [-0.2, 0) is 9.53 Å². The van der Waals surface area contributed by atoms with Crippen molar-refractivity contribution in [3.63, 3.8) is 0 Å². The molecule has 2 aliphatic rings. The fourth-order valence-electron chi connectivity index (χ4n) is 2.95. The first-order valence-corrected chi connectivity index (χ1v) is 7.38. The summed E-state index contributed by atoms with van der Waals surface area (Å²) in [6, 6.07) is 0.359. The number of imidazole rings is 1. The molecule has 7 heteroatoms. The number of hydrogen-bond acceptors (Lipinski definition) is 4. The Morgan fingerprint density at radius 1 is 1.48 bits per heavy atom. The van der Waals surface area contributed by atoms with Crippen LogP contribution in [0.25, 0.3) is 0 Å². The van der Waals surface area contributed by atoms with E-state index in [9.17, 15) is 4.79 Å². The second-order valence-electron chi connectivity index (χ2n) is 5.57. The monoisotopic (exact) mass is 314 g/mol. The third-order valence-corrected chi connectivity index (χ3v) is 4.23. The van der Waals surface area contributed by atoms with E-state index in [0.717, 1.165) is 64.3 Å². The largest absolute Gasteiger partial charge is 0.379 e. The van der Waals surface area contributed by atoms with Crippen molar-refractivity contribution in [1.82, 2.24) is 19.8 Å². The molecule has 1 aromatic heterocycles. The molecule has 2 heterocycles. The Morgan fingerprint density at radius 2 is 2.29 bits per heavy atom. The van der Waals surface area contributed by atoms with Crippen molar-refractivity contribution in [1.29, 1.82) is 0 Å². The minimum Gasteiger partial charge on any atom is -0.379 e. The van der Waals surface area contributed by atoms with Crippen molar-refractivity contribution in [2.24, 2.45) is 0 Å². The number of rotatable bonds is 7. The van der Waals surface area contributed by atoms with Gasteiger partial charge in [0.1, 0.15) is 0 Å². The molecule has 3 rings (SSSR count). The predicted octanol–water partition coefficient (Wildman–Crippen LogP) is 0.868. The van der Waals surface area contributed by atoms with Gasteiger partial charge in [0.2, 0.25) is 6.41 Å². The van der Waals surface area contributed by atoms with E-state index in [2.05, 4.69) is 14.9 Å². The van der Waals surface area contributed by atoms with Crippen LogP contribution < -0.4 is 0 Å². The molecule has 2 fully saturated rings. The molecule has 0 unspecified atom stereocenters. The fraction of sp³-hybridized carbons (Fsp3) is 0.714. The number of amides is 1. The van der Waals surface area contributed by atoms with Gasteiger partial charge in [-0.2, -0.15) is 0 Å². The summed E-state index contributed by atoms with van der Waals surface area (Å²) < 4.78 is 5.33. The van der Waals surface area contributed by atoms with Crippen LogP contribution in [0.1, 0.15) is 24.5 Å². The normalized spacial score (nSPS) is 25.1. The van der Waals surface area contributed by atoms with Gasteiger partial charge in [-0.25, -0.2) is 4.98 Å². The van der Waals surface area contributed by atoms with Gasteiger partial charge < -0.3 is 14.6 Å². The first-order valence-electron chi connectivity index (χ1n) is 7.38. The summed E-state index contributed by atoms with van der Waals surface area (Å²) in [6.07, 6.45) is 6.65. The van der Waals surface area contributed by atoms with Crippen molar-refractivity contribution in [3.05, 3.63) is 18.2 Å². The molecule has 1 saturated heterocycles. The van der Waals surface area contributed by atoms with Gasteiger partial charge in [0.25, 0.3) is 0 Å². The zero-order valence-electron chi connectivity index (χ0n) is 12.1. The number of aromatic amines is 1. The van der Waals surface area contributed by atoms with Gasteiger partial charge in [-0.3, -0.25) is 9.69 Å². The maximum Gasteiger partial charge on any atom is 0.209 e. The van der Waals surface area contributed by atoms with Gasteiger partial charge in [0, 0.05) is 50.0 Å². The van der Waals surface area contributed by atoms with E-state index in [-0.39, 0.29) is 12.4 Å². The van der Waals surface area contributed by atoms with Crippen LogP contribution >= 0.6 is 12.4 Å². The van der Waals surface area contributed by atoms with Gasteiger partial charge in [0.05, 0.1) is 19.5 Å². The molecule has 6 nitrogen and oxygen atoms in total. The topological polar surface area (TPSA) is 61.5 Å². The number of H-pyrrole nitrogens is 1. The summed E-state index contributed by atoms with van der Waals surface area (Å²) >= 11 is 0. The second-order valence-corrected chi connectivity index (χ2v) is 5.57. The number of carbonyl (C=O) groups excluding carboxylic acids is 1. The maximum absolute atomic E-state index is 11.3. The summed E-state index contributed by atoms with van der Waals surface area (Å²) in [5, 5.41) is 0. The Kier molecular flexibility index (Phi) is 6.02. The van der Waals surface area contributed by atoms with Gasteiger partial charge in [-0.1, -0.05) is 0 Å². The maximum atomic E-state index is 11.3. The molecule has 0 bridgehead atoms. The van der Waals surface area contributed by atoms with Crippen molar-refractivity contribution < 1.29 is 9.53 Å². The van der Waals surface area contributed by atoms with E-state index in [4.69, 9.17) is 4.74 Å². The number of nitrogens with one attached hydrogen (secondary N) is 1. The third-order valence-electron chi connectivity index (χ3n) is 4.23. The summed E-state index contributed by atoms with van der Waals surface area (Å²) in [4.78, 5) is 22.8. The Labute approximate surface area is 131 Å². The smallest absolute Gasteiger partial charge is 0.209 e. The van der Waals surface area contributed by atoms with E-state index in [1.807, 2.05) is 11.1 Å². The molecule has 1 aromatic rings. The van der Waals surface area contributed by atoms with Crippen LogP contribution in [0.15, 0.2) is 12.5 Å². The van der Waals surface area contributed by atoms with Crippen LogP contribution in [0.5, 0.6) is 0 Å². The summed E-state index contributed by atoms with van der Waals surface area (Å²) in [7, 11) is 0. The quantitative estimate of drug-likeness (QED) is 0.759. The lowest BCUT2D eigenvalue weighted by Gasteiger charge is -2.27. The Morgan fingerprint density at radius 3 is 2.95 bits per heavy atom. The Bertz CT molecular complexity index is 423. The zero-order valence-corrected chi connectivity index (χ0v) is 12.9. The van der Waals surface area contributed by atoms with Crippen LogP contribution in [0.4, 0.5) is 0 Å². The Hall–Kier alpha value is -1.11. The van der Waals surface area contributed by atoms with E-state index in [1.54, 1.807) is 6.33 Å². The molecular formula is C14H23ClN4O2. The van der Waals surface area contributed by atoms with Gasteiger partial charge in [0.15, 0.2) is 0 Å². The van der Waals surface area contributed by atoms with Crippen LogP contribution in [0.2, 0.25) is 0 Å². The molecular weight excluding hydrogens is 292 g/mol. The highest BCUT2D eigenvalue weighted by Crippen LogP contribution is 2.43. The van der Waals surface area contributed by atoms with Gasteiger partial charge >= 0.3 is 0 Å². The van der Waals surface area contributed by atoms with Crippen molar-refractivity contribution in [3.8, 4) is 0 Å². The molecule has 0 aromatic carbocycles. The lowest BCUT2D eigenvalue weighted by Crippen LogP contribution is -2.38. The molecule has 1 saturated carbocycles. The van der Waals surface area contributed by atoms with E-state index in [0.29, 0.717) is 12.0 Å². The summed E-state index contributed by atoms with van der Waals surface area (Å²) in [6.45, 7) is 5.59. The standard InChI is InChI=1S/C14H22N4O2.ClH/c19-11-18(3-1-2-17-4-6-20-7-5-17)14-8-12(14)13-9-15-10-16-13;/h9-12,14H,1-8H2,(H,15,16);1H/t12-,14+;/m0./s1. The van der Waals surface area contributed by atoms with E-state index < -0.39 is 0 Å². The SMILES string of the molecule is Cl.O=CN(CCCN1CCOCC1)[C@@H]1C[C@H]1c1cnc[nH]1. The second kappa shape index (κ2) is 7.77. The number of aromatic nitrogens is 2. The van der Waals surface area contributed by atoms with Crippen molar-refractivity contribution in [2.75, 3.05) is 39.4 Å². The molecule has 0 spiro atoms. The van der Waals surface area contributed by atoms with E-state index in [1.165, 1.54) is 0 Å².